The van der Waals surface area contributed by atoms with E-state index < -0.39 is 0 Å². The first-order valence-corrected chi connectivity index (χ1v) is 5.93. The summed E-state index contributed by atoms with van der Waals surface area (Å²) >= 11 is 5.94. The van der Waals surface area contributed by atoms with Crippen molar-refractivity contribution in [2.45, 2.75) is 32.3 Å². The van der Waals surface area contributed by atoms with Crippen LogP contribution >= 0.6 is 11.6 Å². The molecule has 84 valence electrons. The molecule has 0 saturated heterocycles. The van der Waals surface area contributed by atoms with Crippen LogP contribution in [0.2, 0.25) is 5.02 Å². The van der Waals surface area contributed by atoms with E-state index in [1.165, 1.54) is 6.42 Å². The Kier molecular flexibility index (Phi) is 3.36. The zero-order chi connectivity index (χ0) is 11.5. The molecule has 0 bridgehead atoms. The minimum Gasteiger partial charge on any atom is -0.490 e. The summed E-state index contributed by atoms with van der Waals surface area (Å²) in [6.45, 7) is 2.25. The Balaban J connectivity index is 2.05. The first kappa shape index (κ1) is 11.3. The van der Waals surface area contributed by atoms with Gasteiger partial charge in [0.25, 0.3) is 0 Å². The van der Waals surface area contributed by atoms with Gasteiger partial charge in [-0.15, -0.1) is 0 Å². The van der Waals surface area contributed by atoms with Gasteiger partial charge in [0.2, 0.25) is 0 Å². The molecule has 16 heavy (non-hydrogen) atoms. The highest BCUT2D eigenvalue weighted by Crippen LogP contribution is 2.30. The molecule has 1 aromatic rings. The van der Waals surface area contributed by atoms with Gasteiger partial charge in [0.1, 0.15) is 11.8 Å². The lowest BCUT2D eigenvalue weighted by atomic mass is 10.1. The summed E-state index contributed by atoms with van der Waals surface area (Å²) in [4.78, 5) is 0. The third-order valence-corrected chi connectivity index (χ3v) is 3.32. The van der Waals surface area contributed by atoms with Crippen LogP contribution in [0.15, 0.2) is 18.2 Å². The van der Waals surface area contributed by atoms with Crippen molar-refractivity contribution < 1.29 is 4.74 Å². The predicted octanol–water partition coefficient (Wildman–Crippen LogP) is 3.78. The van der Waals surface area contributed by atoms with Crippen molar-refractivity contribution in [3.05, 3.63) is 28.8 Å². The number of hydrogen-bond donors (Lipinski definition) is 0. The minimum atomic E-state index is 0.305. The standard InChI is InChI=1S/C13H14ClNO/c1-9-2-4-11(6-9)16-12-5-3-10(8-15)13(14)7-12/h3,5,7,9,11H,2,4,6H2,1H3/t9-,11+/m1/s1. The number of nitriles is 1. The normalized spacial score (nSPS) is 24.1. The molecular formula is C13H14ClNO. The molecular weight excluding hydrogens is 222 g/mol. The van der Waals surface area contributed by atoms with Gasteiger partial charge in [0, 0.05) is 6.07 Å². The number of ether oxygens (including phenoxy) is 1. The molecule has 0 unspecified atom stereocenters. The lowest BCUT2D eigenvalue weighted by Gasteiger charge is -2.13. The van der Waals surface area contributed by atoms with E-state index in [2.05, 4.69) is 6.92 Å². The topological polar surface area (TPSA) is 33.0 Å². The van der Waals surface area contributed by atoms with E-state index in [9.17, 15) is 0 Å². The van der Waals surface area contributed by atoms with E-state index >= 15 is 0 Å². The van der Waals surface area contributed by atoms with Crippen molar-refractivity contribution >= 4 is 11.6 Å². The Morgan fingerprint density at radius 2 is 2.25 bits per heavy atom. The molecule has 0 aliphatic heterocycles. The van der Waals surface area contributed by atoms with Gasteiger partial charge in [-0.3, -0.25) is 0 Å². The lowest BCUT2D eigenvalue weighted by molar-refractivity contribution is 0.205. The molecule has 0 N–H and O–H groups in total. The van der Waals surface area contributed by atoms with Crippen LogP contribution in [0.5, 0.6) is 5.75 Å². The zero-order valence-electron chi connectivity index (χ0n) is 9.24. The molecule has 2 rings (SSSR count). The summed E-state index contributed by atoms with van der Waals surface area (Å²) in [6, 6.07) is 7.28. The quantitative estimate of drug-likeness (QED) is 0.782. The smallest absolute Gasteiger partial charge is 0.121 e. The fourth-order valence-corrected chi connectivity index (χ4v) is 2.33. The summed E-state index contributed by atoms with van der Waals surface area (Å²) in [6.07, 6.45) is 3.75. The molecule has 1 fully saturated rings. The second kappa shape index (κ2) is 4.76. The third-order valence-electron chi connectivity index (χ3n) is 3.01. The molecule has 0 heterocycles. The highest BCUT2D eigenvalue weighted by molar-refractivity contribution is 6.31. The van der Waals surface area contributed by atoms with Gasteiger partial charge >= 0.3 is 0 Å². The zero-order valence-corrected chi connectivity index (χ0v) is 10.00. The Morgan fingerprint density at radius 1 is 1.44 bits per heavy atom. The van der Waals surface area contributed by atoms with E-state index in [0.29, 0.717) is 16.7 Å². The van der Waals surface area contributed by atoms with Gasteiger partial charge in [-0.05, 0) is 37.3 Å². The highest BCUT2D eigenvalue weighted by Gasteiger charge is 2.22. The largest absolute Gasteiger partial charge is 0.490 e. The molecule has 0 spiro atoms. The van der Waals surface area contributed by atoms with Crippen LogP contribution in [0.4, 0.5) is 0 Å². The van der Waals surface area contributed by atoms with E-state index in [0.717, 1.165) is 24.5 Å². The van der Waals surface area contributed by atoms with Crippen LogP contribution < -0.4 is 4.74 Å². The first-order chi connectivity index (χ1) is 7.69. The van der Waals surface area contributed by atoms with Crippen molar-refractivity contribution in [2.24, 2.45) is 5.92 Å². The molecule has 1 aliphatic rings. The maximum absolute atomic E-state index is 8.75. The summed E-state index contributed by atoms with van der Waals surface area (Å²) < 4.78 is 5.83. The van der Waals surface area contributed by atoms with Crippen LogP contribution in [0.25, 0.3) is 0 Å². The Labute approximate surface area is 101 Å². The van der Waals surface area contributed by atoms with Gasteiger partial charge in [0.05, 0.1) is 16.7 Å². The molecule has 1 saturated carbocycles. The number of nitrogens with zero attached hydrogens (tertiary/aromatic N) is 1. The minimum absolute atomic E-state index is 0.305. The average molecular weight is 236 g/mol. The summed E-state index contributed by atoms with van der Waals surface area (Å²) in [5, 5.41) is 9.22. The van der Waals surface area contributed by atoms with Gasteiger partial charge in [0.15, 0.2) is 0 Å². The molecule has 1 aliphatic carbocycles. The van der Waals surface area contributed by atoms with Gasteiger partial charge in [-0.2, -0.15) is 5.26 Å². The van der Waals surface area contributed by atoms with Crippen LogP contribution in [-0.4, -0.2) is 6.10 Å². The number of hydrogen-bond acceptors (Lipinski definition) is 2. The fourth-order valence-electron chi connectivity index (χ4n) is 2.11. The molecule has 2 nitrogen and oxygen atoms in total. The molecule has 0 aromatic heterocycles. The second-order valence-electron chi connectivity index (χ2n) is 4.41. The van der Waals surface area contributed by atoms with Crippen LogP contribution in [-0.2, 0) is 0 Å². The maximum Gasteiger partial charge on any atom is 0.121 e. The molecule has 0 radical (unpaired) electrons. The van der Waals surface area contributed by atoms with E-state index in [1.54, 1.807) is 12.1 Å². The Bertz CT molecular complexity index is 424. The monoisotopic (exact) mass is 235 g/mol. The lowest BCUT2D eigenvalue weighted by Crippen LogP contribution is -2.11. The number of rotatable bonds is 2. The molecule has 2 atom stereocenters. The van der Waals surface area contributed by atoms with Gasteiger partial charge in [-0.1, -0.05) is 18.5 Å². The molecule has 0 amide bonds. The van der Waals surface area contributed by atoms with Crippen molar-refractivity contribution in [3.63, 3.8) is 0 Å². The van der Waals surface area contributed by atoms with Crippen molar-refractivity contribution in [1.29, 1.82) is 5.26 Å². The molecule has 1 aromatic carbocycles. The fraction of sp³-hybridized carbons (Fsp3) is 0.462. The van der Waals surface area contributed by atoms with Crippen molar-refractivity contribution in [3.8, 4) is 11.8 Å². The van der Waals surface area contributed by atoms with Gasteiger partial charge < -0.3 is 4.74 Å². The van der Waals surface area contributed by atoms with E-state index in [-0.39, 0.29) is 0 Å². The molecule has 3 heteroatoms. The number of halogens is 1. The van der Waals surface area contributed by atoms with Gasteiger partial charge in [-0.25, -0.2) is 0 Å². The SMILES string of the molecule is C[C@@H]1CC[C@H](Oc2ccc(C#N)c(Cl)c2)C1. The van der Waals surface area contributed by atoms with Crippen LogP contribution in [0.1, 0.15) is 31.7 Å². The third kappa shape index (κ3) is 2.48. The van der Waals surface area contributed by atoms with E-state index in [4.69, 9.17) is 21.6 Å². The number of benzene rings is 1. The van der Waals surface area contributed by atoms with Crippen molar-refractivity contribution in [2.75, 3.05) is 0 Å². The predicted molar refractivity (Wildman–Crippen MR) is 63.6 cm³/mol. The van der Waals surface area contributed by atoms with Crippen LogP contribution in [0, 0.1) is 17.2 Å². The summed E-state index contributed by atoms with van der Waals surface area (Å²) in [7, 11) is 0. The Morgan fingerprint density at radius 3 is 2.81 bits per heavy atom. The average Bonchev–Trinajstić information content (AvgIpc) is 2.64. The van der Waals surface area contributed by atoms with E-state index in [1.807, 2.05) is 12.1 Å². The van der Waals surface area contributed by atoms with Crippen LogP contribution in [0.3, 0.4) is 0 Å². The highest BCUT2D eigenvalue weighted by atomic mass is 35.5. The first-order valence-electron chi connectivity index (χ1n) is 5.55. The summed E-state index contributed by atoms with van der Waals surface area (Å²) in [5.41, 5.74) is 0.494. The maximum atomic E-state index is 8.75. The Hall–Kier alpha value is -1.20. The second-order valence-corrected chi connectivity index (χ2v) is 4.82. The summed E-state index contributed by atoms with van der Waals surface area (Å²) in [5.74, 6) is 1.52. The van der Waals surface area contributed by atoms with Crippen molar-refractivity contribution in [1.82, 2.24) is 0 Å².